The summed E-state index contributed by atoms with van der Waals surface area (Å²) in [5, 5.41) is 21.1. The van der Waals surface area contributed by atoms with E-state index in [4.69, 9.17) is 4.74 Å². The van der Waals surface area contributed by atoms with Crippen molar-refractivity contribution in [3.05, 3.63) is 23.3 Å². The molecule has 1 saturated heterocycles. The van der Waals surface area contributed by atoms with Gasteiger partial charge in [0.15, 0.2) is 16.7 Å². The minimum atomic E-state index is -0.0708. The number of benzene rings is 1. The fourth-order valence-corrected chi connectivity index (χ4v) is 2.54. The van der Waals surface area contributed by atoms with Gasteiger partial charge in [0, 0.05) is 12.1 Å². The van der Waals surface area contributed by atoms with Gasteiger partial charge in [-0.3, -0.25) is 4.79 Å². The lowest BCUT2D eigenvalue weighted by molar-refractivity contribution is -0.116. The van der Waals surface area contributed by atoms with Crippen LogP contribution < -0.4 is 10.1 Å². The highest BCUT2D eigenvalue weighted by atomic mass is 32.2. The van der Waals surface area contributed by atoms with E-state index in [1.54, 1.807) is 12.3 Å². The standard InChI is InChI=1S/C14H18N4O3S/c1-18(2)7-10-4-9(5-11(21-3)13(10)20)6-15-17-14-16-12(19)8-22-14/h4-6,20H,7-8H2,1-3H3,(H,16,17,19). The number of carbonyl (C=O) groups is 1. The third-order valence-electron chi connectivity index (χ3n) is 2.82. The first-order chi connectivity index (χ1) is 10.5. The monoisotopic (exact) mass is 322 g/mol. The summed E-state index contributed by atoms with van der Waals surface area (Å²) in [6, 6.07) is 3.50. The smallest absolute Gasteiger partial charge is 0.236 e. The van der Waals surface area contributed by atoms with Crippen LogP contribution in [-0.4, -0.2) is 54.3 Å². The van der Waals surface area contributed by atoms with E-state index in [1.165, 1.54) is 18.9 Å². The van der Waals surface area contributed by atoms with Crippen LogP contribution in [0.4, 0.5) is 0 Å². The lowest BCUT2D eigenvalue weighted by Gasteiger charge is -2.14. The van der Waals surface area contributed by atoms with Gasteiger partial charge >= 0.3 is 0 Å². The van der Waals surface area contributed by atoms with E-state index in [0.717, 1.165) is 11.1 Å². The number of carbonyl (C=O) groups excluding carboxylic acids is 1. The number of hydrogen-bond acceptors (Lipinski definition) is 7. The number of rotatable bonds is 5. The van der Waals surface area contributed by atoms with Crippen LogP contribution in [0.25, 0.3) is 0 Å². The van der Waals surface area contributed by atoms with Crippen molar-refractivity contribution in [2.75, 3.05) is 27.0 Å². The number of aromatic hydroxyl groups is 1. The summed E-state index contributed by atoms with van der Waals surface area (Å²) in [5.41, 5.74) is 1.49. The number of phenolic OH excluding ortho intramolecular Hbond substituents is 1. The zero-order valence-corrected chi connectivity index (χ0v) is 13.5. The zero-order valence-electron chi connectivity index (χ0n) is 12.7. The van der Waals surface area contributed by atoms with E-state index in [9.17, 15) is 9.90 Å². The van der Waals surface area contributed by atoms with Crippen LogP contribution in [0.3, 0.4) is 0 Å². The molecule has 8 heteroatoms. The SMILES string of the molecule is COc1cc(C=NN=C2NC(=O)CS2)cc(CN(C)C)c1O. The van der Waals surface area contributed by atoms with Crippen molar-refractivity contribution in [1.29, 1.82) is 0 Å². The largest absolute Gasteiger partial charge is 0.504 e. The van der Waals surface area contributed by atoms with Gasteiger partial charge in [-0.05, 0) is 31.8 Å². The second kappa shape index (κ2) is 7.28. The second-order valence-corrected chi connectivity index (χ2v) is 5.92. The first-order valence-corrected chi connectivity index (χ1v) is 7.56. The molecule has 0 bridgehead atoms. The van der Waals surface area contributed by atoms with Gasteiger partial charge in [-0.25, -0.2) is 0 Å². The Morgan fingerprint density at radius 2 is 2.27 bits per heavy atom. The average molecular weight is 322 g/mol. The van der Waals surface area contributed by atoms with Crippen molar-refractivity contribution in [3.8, 4) is 11.5 Å². The van der Waals surface area contributed by atoms with E-state index in [0.29, 0.717) is 23.2 Å². The summed E-state index contributed by atoms with van der Waals surface area (Å²) in [4.78, 5) is 13.0. The highest BCUT2D eigenvalue weighted by molar-refractivity contribution is 8.15. The maximum absolute atomic E-state index is 11.0. The molecular weight excluding hydrogens is 304 g/mol. The molecule has 22 heavy (non-hydrogen) atoms. The molecule has 118 valence electrons. The fourth-order valence-electron chi connectivity index (χ4n) is 1.91. The summed E-state index contributed by atoms with van der Waals surface area (Å²) >= 11 is 1.31. The van der Waals surface area contributed by atoms with Crippen LogP contribution in [0, 0.1) is 0 Å². The van der Waals surface area contributed by atoms with E-state index in [1.807, 2.05) is 25.1 Å². The van der Waals surface area contributed by atoms with Gasteiger partial charge < -0.3 is 20.1 Å². The molecule has 1 amide bonds. The van der Waals surface area contributed by atoms with Crippen molar-refractivity contribution in [2.24, 2.45) is 10.2 Å². The van der Waals surface area contributed by atoms with Crippen molar-refractivity contribution in [1.82, 2.24) is 10.2 Å². The summed E-state index contributed by atoms with van der Waals surface area (Å²) < 4.78 is 5.17. The van der Waals surface area contributed by atoms with Gasteiger partial charge in [0.05, 0.1) is 19.1 Å². The Bertz CT molecular complexity index is 629. The minimum Gasteiger partial charge on any atom is -0.504 e. The van der Waals surface area contributed by atoms with Crippen LogP contribution in [0.1, 0.15) is 11.1 Å². The molecule has 0 radical (unpaired) electrons. The molecule has 0 aromatic heterocycles. The molecule has 2 rings (SSSR count). The van der Waals surface area contributed by atoms with Crippen LogP contribution in [0.2, 0.25) is 0 Å². The van der Waals surface area contributed by atoms with Crippen LogP contribution >= 0.6 is 11.8 Å². The first kappa shape index (κ1) is 16.3. The normalized spacial score (nSPS) is 16.7. The Morgan fingerprint density at radius 3 is 2.86 bits per heavy atom. The lowest BCUT2D eigenvalue weighted by Crippen LogP contribution is -2.19. The van der Waals surface area contributed by atoms with Crippen LogP contribution in [0.15, 0.2) is 22.3 Å². The quantitative estimate of drug-likeness (QED) is 0.624. The van der Waals surface area contributed by atoms with Gasteiger partial charge in [-0.1, -0.05) is 11.8 Å². The van der Waals surface area contributed by atoms with Gasteiger partial charge in [0.1, 0.15) is 0 Å². The van der Waals surface area contributed by atoms with Crippen LogP contribution in [0.5, 0.6) is 11.5 Å². The molecule has 1 fully saturated rings. The molecule has 0 unspecified atom stereocenters. The topological polar surface area (TPSA) is 86.5 Å². The summed E-state index contributed by atoms with van der Waals surface area (Å²) in [6.07, 6.45) is 1.55. The van der Waals surface area contributed by atoms with E-state index >= 15 is 0 Å². The van der Waals surface area contributed by atoms with E-state index < -0.39 is 0 Å². The van der Waals surface area contributed by atoms with Crippen molar-refractivity contribution in [2.45, 2.75) is 6.54 Å². The zero-order chi connectivity index (χ0) is 16.1. The number of nitrogens with one attached hydrogen (secondary N) is 1. The van der Waals surface area contributed by atoms with Crippen molar-refractivity contribution < 1.29 is 14.6 Å². The van der Waals surface area contributed by atoms with Gasteiger partial charge in [-0.2, -0.15) is 5.10 Å². The van der Waals surface area contributed by atoms with Gasteiger partial charge in [-0.15, -0.1) is 5.10 Å². The fraction of sp³-hybridized carbons (Fsp3) is 0.357. The molecular formula is C14H18N4O3S. The number of ether oxygens (including phenoxy) is 1. The molecule has 0 saturated carbocycles. The van der Waals surface area contributed by atoms with Gasteiger partial charge in [0.2, 0.25) is 5.91 Å². The number of hydrogen-bond donors (Lipinski definition) is 2. The molecule has 7 nitrogen and oxygen atoms in total. The Morgan fingerprint density at radius 1 is 1.50 bits per heavy atom. The minimum absolute atomic E-state index is 0.0708. The van der Waals surface area contributed by atoms with E-state index in [2.05, 4.69) is 15.5 Å². The van der Waals surface area contributed by atoms with Crippen molar-refractivity contribution >= 4 is 29.1 Å². The molecule has 2 N–H and O–H groups in total. The number of amides is 1. The Labute approximate surface area is 133 Å². The molecule has 1 heterocycles. The highest BCUT2D eigenvalue weighted by Gasteiger charge is 2.16. The van der Waals surface area contributed by atoms with E-state index in [-0.39, 0.29) is 11.7 Å². The predicted molar refractivity (Wildman–Crippen MR) is 87.7 cm³/mol. The Hall–Kier alpha value is -2.06. The summed E-state index contributed by atoms with van der Waals surface area (Å²) in [5.74, 6) is 0.808. The van der Waals surface area contributed by atoms with Crippen LogP contribution in [-0.2, 0) is 11.3 Å². The number of methoxy groups -OCH3 is 1. The molecule has 1 aromatic carbocycles. The lowest BCUT2D eigenvalue weighted by atomic mass is 10.1. The molecule has 0 aliphatic carbocycles. The second-order valence-electron chi connectivity index (χ2n) is 4.96. The third-order valence-corrected chi connectivity index (χ3v) is 3.69. The third kappa shape index (κ3) is 4.22. The summed E-state index contributed by atoms with van der Waals surface area (Å²) in [7, 11) is 5.33. The van der Waals surface area contributed by atoms with Crippen molar-refractivity contribution in [3.63, 3.8) is 0 Å². The maximum Gasteiger partial charge on any atom is 0.236 e. The molecule has 0 spiro atoms. The molecule has 1 aromatic rings. The predicted octanol–water partition coefficient (Wildman–Crippen LogP) is 1.02. The number of phenols is 1. The Kier molecular flexibility index (Phi) is 5.40. The molecule has 0 atom stereocenters. The maximum atomic E-state index is 11.0. The van der Waals surface area contributed by atoms with Gasteiger partial charge in [0.25, 0.3) is 0 Å². The summed E-state index contributed by atoms with van der Waals surface area (Å²) in [6.45, 7) is 0.574. The first-order valence-electron chi connectivity index (χ1n) is 6.58. The number of amidine groups is 1. The highest BCUT2D eigenvalue weighted by Crippen LogP contribution is 2.31. The molecule has 1 aliphatic heterocycles. The molecule has 1 aliphatic rings. The average Bonchev–Trinajstić information content (AvgIpc) is 2.87. The Balaban J connectivity index is 2.21. The number of nitrogens with zero attached hydrogens (tertiary/aromatic N) is 3. The number of thioether (sulfide) groups is 1.